The van der Waals surface area contributed by atoms with Gasteiger partial charge in [0, 0.05) is 0 Å². The van der Waals surface area contributed by atoms with Crippen LogP contribution in [0, 0.1) is 11.3 Å². The first-order chi connectivity index (χ1) is 15.9. The van der Waals surface area contributed by atoms with Crippen LogP contribution in [0.15, 0.2) is 41.3 Å². The third-order valence-corrected chi connectivity index (χ3v) is 10.8. The van der Waals surface area contributed by atoms with Gasteiger partial charge in [-0.3, -0.25) is 14.5 Å². The number of imide groups is 1. The zero-order valence-electron chi connectivity index (χ0n) is 20.2. The summed E-state index contributed by atoms with van der Waals surface area (Å²) >= 11 is 1.54. The summed E-state index contributed by atoms with van der Waals surface area (Å²) in [5.41, 5.74) is -0.313. The van der Waals surface area contributed by atoms with Gasteiger partial charge in [0.25, 0.3) is 0 Å². The van der Waals surface area contributed by atoms with Crippen LogP contribution in [0.2, 0.25) is 13.1 Å². The van der Waals surface area contributed by atoms with Crippen LogP contribution in [-0.2, 0) is 23.5 Å². The van der Waals surface area contributed by atoms with Gasteiger partial charge in [-0.25, -0.2) is 9.78 Å². The zero-order chi connectivity index (χ0) is 25.3. The molecule has 0 N–H and O–H groups in total. The summed E-state index contributed by atoms with van der Waals surface area (Å²) < 4.78 is 13.3. The molecule has 3 atom stereocenters. The maximum Gasteiger partial charge on any atom is 0.397 e. The summed E-state index contributed by atoms with van der Waals surface area (Å²) in [7, 11) is 1.19. The highest BCUT2D eigenvalue weighted by Gasteiger charge is 2.64. The Hall–Kier alpha value is -1.66. The van der Waals surface area contributed by atoms with Crippen LogP contribution in [0.1, 0.15) is 27.7 Å². The van der Waals surface area contributed by atoms with Crippen LogP contribution >= 0.6 is 32.9 Å². The van der Waals surface area contributed by atoms with E-state index in [1.54, 1.807) is 11.3 Å². The van der Waals surface area contributed by atoms with Gasteiger partial charge in [0.15, 0.2) is 13.4 Å². The molecule has 0 radical (unpaired) electrons. The minimum atomic E-state index is -1.55. The van der Waals surface area contributed by atoms with E-state index in [-0.39, 0.29) is 12.0 Å². The van der Waals surface area contributed by atoms with Crippen molar-refractivity contribution in [1.82, 2.24) is 9.88 Å². The second-order valence-corrected chi connectivity index (χ2v) is 15.3. The molecule has 3 rings (SSSR count). The van der Waals surface area contributed by atoms with Crippen molar-refractivity contribution in [3.8, 4) is 0 Å². The number of rotatable bonds is 8. The van der Waals surface area contributed by atoms with Crippen molar-refractivity contribution in [2.75, 3.05) is 6.61 Å². The second-order valence-electron chi connectivity index (χ2n) is 9.42. The van der Waals surface area contributed by atoms with E-state index in [2.05, 4.69) is 24.7 Å². The number of fused-ring (bicyclic) bond motifs is 1. The molecule has 1 saturated heterocycles. The predicted molar refractivity (Wildman–Crippen MR) is 141 cm³/mol. The molecule has 1 aromatic carbocycles. The molecule has 0 saturated carbocycles. The lowest BCUT2D eigenvalue weighted by Crippen LogP contribution is -2.72. The van der Waals surface area contributed by atoms with E-state index < -0.39 is 43.7 Å². The molecular weight excluding hydrogens is 509 g/mol. The Morgan fingerprint density at radius 2 is 1.94 bits per heavy atom. The van der Waals surface area contributed by atoms with Gasteiger partial charge in [0.05, 0.1) is 21.7 Å². The highest BCUT2D eigenvalue weighted by atomic mass is 33.1. The van der Waals surface area contributed by atoms with Crippen LogP contribution in [0.4, 0.5) is 0 Å². The Morgan fingerprint density at radius 3 is 2.53 bits per heavy atom. The minimum absolute atomic E-state index is 0.101. The highest BCUT2D eigenvalue weighted by Crippen LogP contribution is 2.54. The number of thiazole rings is 1. The summed E-state index contributed by atoms with van der Waals surface area (Å²) in [6.45, 7) is 15.5. The van der Waals surface area contributed by atoms with Gasteiger partial charge in [-0.15, -0.1) is 11.3 Å². The van der Waals surface area contributed by atoms with Crippen molar-refractivity contribution in [2.24, 2.45) is 11.3 Å². The average Bonchev–Trinajstić information content (AvgIpc) is 3.16. The zero-order valence-corrected chi connectivity index (χ0v) is 23.8. The van der Waals surface area contributed by atoms with E-state index in [0.29, 0.717) is 0 Å². The monoisotopic (exact) mass is 538 g/mol. The lowest BCUT2D eigenvalue weighted by molar-refractivity contribution is -0.185. The molecule has 11 heteroatoms. The highest BCUT2D eigenvalue weighted by molar-refractivity contribution is 8.77. The van der Waals surface area contributed by atoms with Gasteiger partial charge in [-0.05, 0) is 48.4 Å². The van der Waals surface area contributed by atoms with Gasteiger partial charge in [-0.1, -0.05) is 56.4 Å². The SMILES string of the molecule is C=CCOC(=O)C(=O)N1C(=O)C([C@](C)(O[SiH](C)C)C(C)(C)C)C1SSc1nc2ccccc2s1. The molecule has 2 unspecified atom stereocenters. The Labute approximate surface area is 213 Å². The Morgan fingerprint density at radius 1 is 1.26 bits per heavy atom. The molecule has 0 bridgehead atoms. The number of likely N-dealkylation sites (tertiary alicyclic amines) is 1. The number of aromatic nitrogens is 1. The maximum atomic E-state index is 13.4. The fourth-order valence-corrected chi connectivity index (χ4v) is 9.34. The molecule has 7 nitrogen and oxygen atoms in total. The molecule has 2 aromatic rings. The lowest BCUT2D eigenvalue weighted by atomic mass is 9.67. The number of esters is 1. The first-order valence-corrected chi connectivity index (χ1v) is 16.7. The van der Waals surface area contributed by atoms with Crippen molar-refractivity contribution in [2.45, 2.75) is 56.1 Å². The molecule has 1 aliphatic rings. The average molecular weight is 539 g/mol. The fourth-order valence-electron chi connectivity index (χ4n) is 3.76. The summed E-state index contributed by atoms with van der Waals surface area (Å²) in [4.78, 5) is 44.2. The van der Waals surface area contributed by atoms with E-state index in [9.17, 15) is 14.4 Å². The maximum absolute atomic E-state index is 13.4. The Bertz CT molecular complexity index is 1070. The quantitative estimate of drug-likeness (QED) is 0.117. The number of carbonyl (C=O) groups is 3. The summed E-state index contributed by atoms with van der Waals surface area (Å²) in [5, 5.41) is -0.606. The van der Waals surface area contributed by atoms with Gasteiger partial charge in [-0.2, -0.15) is 0 Å². The molecule has 2 amide bonds. The van der Waals surface area contributed by atoms with E-state index in [1.807, 2.05) is 52.0 Å². The standard InChI is InChI=1S/C23H30N2O5S3Si/c1-8-13-29-20(28)18(27)25-17(26)16(23(5,22(2,3)4)30-34(6)7)19(25)32-33-21-24-14-11-9-10-12-15(14)31-21/h8-12,16,19,34H,1,13H2,2-7H3/t16?,19?,23-/m0/s1. The molecular formula is C23H30N2O5S3Si. The molecule has 1 aliphatic heterocycles. The number of hydrogen-bond acceptors (Lipinski definition) is 9. The predicted octanol–water partition coefficient (Wildman–Crippen LogP) is 4.88. The van der Waals surface area contributed by atoms with Crippen molar-refractivity contribution in [3.05, 3.63) is 36.9 Å². The number of β-lactam (4-membered cyclic amide) rings is 1. The van der Waals surface area contributed by atoms with Crippen LogP contribution in [0.5, 0.6) is 0 Å². The van der Waals surface area contributed by atoms with E-state index in [0.717, 1.165) is 19.5 Å². The van der Waals surface area contributed by atoms with Crippen molar-refractivity contribution >= 4 is 70.0 Å². The third kappa shape index (κ3) is 5.28. The van der Waals surface area contributed by atoms with Gasteiger partial charge in [0.2, 0.25) is 5.91 Å². The molecule has 1 fully saturated rings. The topological polar surface area (TPSA) is 85.8 Å². The fraction of sp³-hybridized carbons (Fsp3) is 0.478. The van der Waals surface area contributed by atoms with E-state index in [4.69, 9.17) is 9.16 Å². The van der Waals surface area contributed by atoms with Gasteiger partial charge >= 0.3 is 11.9 Å². The second kappa shape index (κ2) is 10.5. The largest absolute Gasteiger partial charge is 0.454 e. The number of para-hydroxylation sites is 1. The Balaban J connectivity index is 1.92. The number of benzene rings is 1. The number of ether oxygens (including phenoxy) is 1. The number of nitrogens with zero attached hydrogens (tertiary/aromatic N) is 2. The molecule has 0 aliphatic carbocycles. The smallest absolute Gasteiger partial charge is 0.397 e. The Kier molecular flexibility index (Phi) is 8.34. The summed E-state index contributed by atoms with van der Waals surface area (Å²) in [6.07, 6.45) is 1.37. The van der Waals surface area contributed by atoms with Crippen LogP contribution in [0.25, 0.3) is 10.2 Å². The van der Waals surface area contributed by atoms with Crippen molar-refractivity contribution in [3.63, 3.8) is 0 Å². The van der Waals surface area contributed by atoms with E-state index >= 15 is 0 Å². The van der Waals surface area contributed by atoms with Crippen molar-refractivity contribution < 1.29 is 23.5 Å². The molecule has 1 aromatic heterocycles. The molecule has 34 heavy (non-hydrogen) atoms. The summed E-state index contributed by atoms with van der Waals surface area (Å²) in [6, 6.07) is 7.83. The van der Waals surface area contributed by atoms with Crippen LogP contribution < -0.4 is 0 Å². The first kappa shape index (κ1) is 26.9. The minimum Gasteiger partial charge on any atom is -0.454 e. The van der Waals surface area contributed by atoms with Gasteiger partial charge in [0.1, 0.15) is 12.0 Å². The molecule has 184 valence electrons. The number of hydrogen-bond donors (Lipinski definition) is 0. The third-order valence-electron chi connectivity index (χ3n) is 5.82. The van der Waals surface area contributed by atoms with Crippen LogP contribution in [0.3, 0.4) is 0 Å². The summed E-state index contributed by atoms with van der Waals surface area (Å²) in [5.74, 6) is -3.07. The number of amides is 2. The molecule has 2 heterocycles. The normalized spacial score (nSPS) is 20.2. The number of carbonyl (C=O) groups excluding carboxylic acids is 3. The lowest BCUT2D eigenvalue weighted by Gasteiger charge is -2.56. The molecule has 0 spiro atoms. The van der Waals surface area contributed by atoms with E-state index in [1.165, 1.54) is 27.7 Å². The van der Waals surface area contributed by atoms with Crippen LogP contribution in [-0.4, -0.2) is 54.3 Å². The first-order valence-electron chi connectivity index (χ1n) is 10.9. The van der Waals surface area contributed by atoms with Crippen molar-refractivity contribution in [1.29, 1.82) is 0 Å². The van der Waals surface area contributed by atoms with Gasteiger partial charge < -0.3 is 9.16 Å².